The van der Waals surface area contributed by atoms with E-state index >= 15 is 0 Å². The van der Waals surface area contributed by atoms with Crippen LogP contribution in [0, 0.1) is 0 Å². The third-order valence-electron chi connectivity index (χ3n) is 3.09. The van der Waals surface area contributed by atoms with Crippen LogP contribution in [0.25, 0.3) is 0 Å². The molecule has 6 nitrogen and oxygen atoms in total. The Hall–Kier alpha value is -1.79. The minimum atomic E-state index is 0.567. The molecule has 102 valence electrons. The summed E-state index contributed by atoms with van der Waals surface area (Å²) in [5.41, 5.74) is 8.22. The molecule has 2 N–H and O–H groups in total. The molecule has 2 rings (SSSR count). The number of hydrogen-bond donors (Lipinski definition) is 1. The van der Waals surface area contributed by atoms with Gasteiger partial charge in [-0.2, -0.15) is 4.80 Å². The fraction of sp³-hybridized carbons (Fsp3) is 0.462. The molecular formula is C13H20N6. The summed E-state index contributed by atoms with van der Waals surface area (Å²) >= 11 is 0. The van der Waals surface area contributed by atoms with Crippen molar-refractivity contribution < 1.29 is 0 Å². The molecule has 6 heteroatoms. The molecule has 0 saturated carbocycles. The molecule has 0 unspecified atom stereocenters. The summed E-state index contributed by atoms with van der Waals surface area (Å²) < 4.78 is 0. The lowest BCUT2D eigenvalue weighted by Gasteiger charge is -2.20. The molecule has 0 radical (unpaired) electrons. The van der Waals surface area contributed by atoms with Crippen LogP contribution >= 0.6 is 0 Å². The lowest BCUT2D eigenvalue weighted by atomic mass is 10.1. The van der Waals surface area contributed by atoms with E-state index in [9.17, 15) is 0 Å². The molecule has 0 aliphatic heterocycles. The Morgan fingerprint density at radius 3 is 2.53 bits per heavy atom. The van der Waals surface area contributed by atoms with Gasteiger partial charge in [0.25, 0.3) is 0 Å². The molecule has 1 aromatic heterocycles. The van der Waals surface area contributed by atoms with Crippen LogP contribution in [0.3, 0.4) is 0 Å². The van der Waals surface area contributed by atoms with Crippen molar-refractivity contribution in [1.82, 2.24) is 25.1 Å². The largest absolute Gasteiger partial charge is 0.326 e. The molecule has 1 heterocycles. The molecule has 1 aromatic carbocycles. The summed E-state index contributed by atoms with van der Waals surface area (Å²) in [5, 5.41) is 12.1. The fourth-order valence-corrected chi connectivity index (χ4v) is 2.02. The van der Waals surface area contributed by atoms with E-state index in [2.05, 4.69) is 39.4 Å². The van der Waals surface area contributed by atoms with Gasteiger partial charge in [-0.05, 0) is 22.9 Å². The first-order valence-corrected chi connectivity index (χ1v) is 6.45. The van der Waals surface area contributed by atoms with Crippen molar-refractivity contribution in [3.63, 3.8) is 0 Å². The van der Waals surface area contributed by atoms with Crippen LogP contribution in [0.2, 0.25) is 0 Å². The Morgan fingerprint density at radius 2 is 1.95 bits per heavy atom. The molecule has 19 heavy (non-hydrogen) atoms. The smallest absolute Gasteiger partial charge is 0.188 e. The van der Waals surface area contributed by atoms with Gasteiger partial charge in [-0.3, -0.25) is 4.90 Å². The highest BCUT2D eigenvalue weighted by Gasteiger charge is 2.10. The number of aromatic nitrogens is 4. The van der Waals surface area contributed by atoms with Crippen molar-refractivity contribution >= 4 is 0 Å². The van der Waals surface area contributed by atoms with Gasteiger partial charge in [-0.1, -0.05) is 31.2 Å². The van der Waals surface area contributed by atoms with E-state index in [1.807, 2.05) is 12.1 Å². The average molecular weight is 260 g/mol. The van der Waals surface area contributed by atoms with Gasteiger partial charge < -0.3 is 5.73 Å². The molecule has 0 amide bonds. The molecule has 0 bridgehead atoms. The van der Waals surface area contributed by atoms with Crippen LogP contribution in [0.4, 0.5) is 0 Å². The van der Waals surface area contributed by atoms with Crippen LogP contribution in [0.1, 0.15) is 23.9 Å². The molecule has 0 spiro atoms. The van der Waals surface area contributed by atoms with Gasteiger partial charge in [-0.15, -0.1) is 10.2 Å². The van der Waals surface area contributed by atoms with E-state index in [0.717, 1.165) is 18.9 Å². The maximum absolute atomic E-state index is 5.77. The lowest BCUT2D eigenvalue weighted by molar-refractivity contribution is 0.263. The van der Waals surface area contributed by atoms with E-state index in [0.29, 0.717) is 13.1 Å². The zero-order chi connectivity index (χ0) is 13.7. The topological polar surface area (TPSA) is 72.9 Å². The highest BCUT2D eigenvalue weighted by atomic mass is 15.6. The Kier molecular flexibility index (Phi) is 4.59. The quantitative estimate of drug-likeness (QED) is 0.827. The summed E-state index contributed by atoms with van der Waals surface area (Å²) in [6.45, 7) is 5.17. The standard InChI is InChI=1S/C13H20N6/c1-3-19(10-13-15-17-18(2)16-13)9-12-7-5-4-6-11(12)8-14/h4-7H,3,8-10,14H2,1-2H3. The summed E-state index contributed by atoms with van der Waals surface area (Å²) in [7, 11) is 1.77. The highest BCUT2D eigenvalue weighted by molar-refractivity contribution is 5.26. The van der Waals surface area contributed by atoms with Gasteiger partial charge in [0.15, 0.2) is 5.82 Å². The molecule has 0 aliphatic rings. The normalized spacial score (nSPS) is 11.2. The maximum Gasteiger partial charge on any atom is 0.188 e. The maximum atomic E-state index is 5.77. The Labute approximate surface area is 113 Å². The van der Waals surface area contributed by atoms with Crippen LogP contribution in [-0.2, 0) is 26.7 Å². The average Bonchev–Trinajstić information content (AvgIpc) is 2.84. The van der Waals surface area contributed by atoms with E-state index < -0.39 is 0 Å². The third kappa shape index (κ3) is 3.59. The van der Waals surface area contributed by atoms with E-state index in [1.165, 1.54) is 15.9 Å². The Morgan fingerprint density at radius 1 is 1.21 bits per heavy atom. The zero-order valence-corrected chi connectivity index (χ0v) is 11.5. The van der Waals surface area contributed by atoms with Gasteiger partial charge in [0.05, 0.1) is 13.6 Å². The van der Waals surface area contributed by atoms with Crippen molar-refractivity contribution in [2.24, 2.45) is 12.8 Å². The van der Waals surface area contributed by atoms with Gasteiger partial charge in [0.2, 0.25) is 0 Å². The first kappa shape index (κ1) is 13.6. The zero-order valence-electron chi connectivity index (χ0n) is 11.5. The van der Waals surface area contributed by atoms with Crippen molar-refractivity contribution in [2.45, 2.75) is 26.6 Å². The number of nitrogens with zero attached hydrogens (tertiary/aromatic N) is 5. The predicted molar refractivity (Wildman–Crippen MR) is 72.9 cm³/mol. The number of nitrogens with two attached hydrogens (primary N) is 1. The van der Waals surface area contributed by atoms with Crippen molar-refractivity contribution in [2.75, 3.05) is 6.54 Å². The summed E-state index contributed by atoms with van der Waals surface area (Å²) in [6, 6.07) is 8.26. The Balaban J connectivity index is 2.06. The lowest BCUT2D eigenvalue weighted by Crippen LogP contribution is -2.24. The van der Waals surface area contributed by atoms with Crippen molar-refractivity contribution in [3.8, 4) is 0 Å². The van der Waals surface area contributed by atoms with Crippen LogP contribution in [0.5, 0.6) is 0 Å². The Bertz CT molecular complexity index is 521. The van der Waals surface area contributed by atoms with E-state index in [4.69, 9.17) is 5.73 Å². The second kappa shape index (κ2) is 6.40. The first-order chi connectivity index (χ1) is 9.22. The number of hydrogen-bond acceptors (Lipinski definition) is 5. The first-order valence-electron chi connectivity index (χ1n) is 6.45. The fourth-order valence-electron chi connectivity index (χ4n) is 2.02. The molecule has 2 aromatic rings. The van der Waals surface area contributed by atoms with Gasteiger partial charge in [0.1, 0.15) is 0 Å². The van der Waals surface area contributed by atoms with Crippen LogP contribution in [-0.4, -0.2) is 31.7 Å². The summed E-state index contributed by atoms with van der Waals surface area (Å²) in [4.78, 5) is 3.75. The predicted octanol–water partition coefficient (Wildman–Crippen LogP) is 0.691. The molecule has 0 atom stereocenters. The van der Waals surface area contributed by atoms with E-state index in [-0.39, 0.29) is 0 Å². The number of rotatable bonds is 6. The third-order valence-corrected chi connectivity index (χ3v) is 3.09. The summed E-state index contributed by atoms with van der Waals surface area (Å²) in [6.07, 6.45) is 0. The second-order valence-electron chi connectivity index (χ2n) is 4.47. The number of aryl methyl sites for hydroxylation is 1. The van der Waals surface area contributed by atoms with Crippen LogP contribution in [0.15, 0.2) is 24.3 Å². The van der Waals surface area contributed by atoms with Crippen molar-refractivity contribution in [3.05, 3.63) is 41.2 Å². The molecule has 0 fully saturated rings. The van der Waals surface area contributed by atoms with E-state index in [1.54, 1.807) is 7.05 Å². The van der Waals surface area contributed by atoms with Gasteiger partial charge in [0, 0.05) is 13.1 Å². The van der Waals surface area contributed by atoms with Crippen LogP contribution < -0.4 is 5.73 Å². The molecule has 0 aliphatic carbocycles. The number of tetrazole rings is 1. The molecule has 0 saturated heterocycles. The van der Waals surface area contributed by atoms with Gasteiger partial charge >= 0.3 is 0 Å². The monoisotopic (exact) mass is 260 g/mol. The van der Waals surface area contributed by atoms with Crippen molar-refractivity contribution in [1.29, 1.82) is 0 Å². The minimum Gasteiger partial charge on any atom is -0.326 e. The molecular weight excluding hydrogens is 240 g/mol. The SMILES string of the molecule is CCN(Cc1nnn(C)n1)Cc1ccccc1CN. The minimum absolute atomic E-state index is 0.567. The highest BCUT2D eigenvalue weighted by Crippen LogP contribution is 2.12. The second-order valence-corrected chi connectivity index (χ2v) is 4.47. The number of benzene rings is 1. The van der Waals surface area contributed by atoms with Gasteiger partial charge in [-0.25, -0.2) is 0 Å². The summed E-state index contributed by atoms with van der Waals surface area (Å²) in [5.74, 6) is 0.745.